The summed E-state index contributed by atoms with van der Waals surface area (Å²) in [7, 11) is 0. The summed E-state index contributed by atoms with van der Waals surface area (Å²) in [5, 5.41) is 11.4. The number of unbranched alkanes of at least 4 members (excludes halogenated alkanes) is 15. The second kappa shape index (κ2) is 17.9. The van der Waals surface area contributed by atoms with Gasteiger partial charge in [0.25, 0.3) is 0 Å². The minimum Gasteiger partial charge on any atom is -0.550 e. The van der Waals surface area contributed by atoms with Crippen molar-refractivity contribution in [3.8, 4) is 0 Å². The Morgan fingerprint density at radius 3 is 1.63 bits per heavy atom. The Morgan fingerprint density at radius 2 is 1.17 bits per heavy atom. The second-order valence-electron chi connectivity index (χ2n) is 9.82. The van der Waals surface area contributed by atoms with Gasteiger partial charge in [0.05, 0.1) is 6.10 Å². The molecule has 2 fully saturated rings. The number of rotatable bonds is 19. The van der Waals surface area contributed by atoms with E-state index in [4.69, 9.17) is 4.74 Å². The van der Waals surface area contributed by atoms with E-state index in [2.05, 4.69) is 6.92 Å². The molecule has 2 saturated carbocycles. The molecule has 2 aliphatic carbocycles. The summed E-state index contributed by atoms with van der Waals surface area (Å²) < 4.78 is 6.01. The van der Waals surface area contributed by atoms with Crippen LogP contribution in [0.15, 0.2) is 0 Å². The van der Waals surface area contributed by atoms with Crippen molar-refractivity contribution in [2.45, 2.75) is 135 Å². The van der Waals surface area contributed by atoms with Crippen molar-refractivity contribution < 1.29 is 44.2 Å². The predicted molar refractivity (Wildman–Crippen MR) is 119 cm³/mol. The Balaban J connectivity index is 0.00000450. The maximum Gasteiger partial charge on any atom is 1.00 e. The van der Waals surface area contributed by atoms with Crippen LogP contribution in [0.2, 0.25) is 0 Å². The average Bonchev–Trinajstić information content (AvgIpc) is 3.32. The molecule has 4 unspecified atom stereocenters. The molecule has 3 nitrogen and oxygen atoms in total. The molecule has 0 radical (unpaired) electrons. The number of carboxylic acid groups (broad SMARTS) is 1. The number of hydrogen-bond acceptors (Lipinski definition) is 3. The SMILES string of the molecule is CCCCCCCCCCCCCCCCCCOC1C2CCC(C2)C1C(=O)[O-].[Na+]. The van der Waals surface area contributed by atoms with Gasteiger partial charge in [-0.25, -0.2) is 0 Å². The van der Waals surface area contributed by atoms with Crippen LogP contribution in [-0.4, -0.2) is 18.7 Å². The van der Waals surface area contributed by atoms with Crippen molar-refractivity contribution in [1.82, 2.24) is 0 Å². The fourth-order valence-corrected chi connectivity index (χ4v) is 5.67. The Labute approximate surface area is 208 Å². The first-order valence-corrected chi connectivity index (χ1v) is 13.1. The number of carbonyl (C=O) groups is 1. The topological polar surface area (TPSA) is 49.4 Å². The molecule has 4 heteroatoms. The Bertz CT molecular complexity index is 429. The molecule has 0 aliphatic heterocycles. The smallest absolute Gasteiger partial charge is 0.550 e. The van der Waals surface area contributed by atoms with Gasteiger partial charge in [-0.05, 0) is 37.5 Å². The van der Waals surface area contributed by atoms with Crippen molar-refractivity contribution in [3.05, 3.63) is 0 Å². The van der Waals surface area contributed by atoms with E-state index in [1.165, 1.54) is 96.3 Å². The van der Waals surface area contributed by atoms with E-state index in [-0.39, 0.29) is 41.6 Å². The first kappa shape index (κ1) is 28.5. The van der Waals surface area contributed by atoms with Crippen LogP contribution < -0.4 is 34.7 Å². The summed E-state index contributed by atoms with van der Waals surface area (Å²) in [5.74, 6) is -0.422. The van der Waals surface area contributed by atoms with Gasteiger partial charge in [-0.3, -0.25) is 0 Å². The third-order valence-corrected chi connectivity index (χ3v) is 7.42. The van der Waals surface area contributed by atoms with Crippen LogP contribution in [-0.2, 0) is 9.53 Å². The van der Waals surface area contributed by atoms with E-state index < -0.39 is 5.97 Å². The molecule has 2 rings (SSSR count). The molecule has 0 aromatic carbocycles. The summed E-state index contributed by atoms with van der Waals surface area (Å²) in [6, 6.07) is 0. The molecule has 4 atom stereocenters. The van der Waals surface area contributed by atoms with Crippen molar-refractivity contribution in [1.29, 1.82) is 0 Å². The van der Waals surface area contributed by atoms with E-state index in [0.717, 1.165) is 32.3 Å². The number of fused-ring (bicyclic) bond motifs is 2. The van der Waals surface area contributed by atoms with E-state index in [9.17, 15) is 9.90 Å². The molecular formula is C26H47NaO3. The maximum atomic E-state index is 11.4. The van der Waals surface area contributed by atoms with Gasteiger partial charge in [-0.15, -0.1) is 0 Å². The number of aliphatic carboxylic acids is 1. The van der Waals surface area contributed by atoms with Crippen LogP contribution >= 0.6 is 0 Å². The third-order valence-electron chi connectivity index (χ3n) is 7.42. The van der Waals surface area contributed by atoms with Gasteiger partial charge in [-0.1, -0.05) is 103 Å². The largest absolute Gasteiger partial charge is 1.00 e. The zero-order chi connectivity index (χ0) is 20.7. The molecule has 0 heterocycles. The molecule has 0 N–H and O–H groups in total. The summed E-state index contributed by atoms with van der Waals surface area (Å²) >= 11 is 0. The molecule has 2 aliphatic rings. The van der Waals surface area contributed by atoms with Crippen LogP contribution in [0.4, 0.5) is 0 Å². The van der Waals surface area contributed by atoms with E-state index in [0.29, 0.717) is 11.8 Å². The summed E-state index contributed by atoms with van der Waals surface area (Å²) in [4.78, 5) is 11.4. The fourth-order valence-electron chi connectivity index (χ4n) is 5.67. The van der Waals surface area contributed by atoms with Crippen LogP contribution in [0, 0.1) is 17.8 Å². The molecule has 0 aromatic rings. The number of ether oxygens (including phenoxy) is 1. The third kappa shape index (κ3) is 10.8. The molecular weight excluding hydrogens is 383 g/mol. The standard InChI is InChI=1S/C26H48O3.Na/c1-2-3-4-5-6-7-8-9-10-11-12-13-14-15-16-17-20-29-25-23-19-18-22(21-23)24(25)26(27)28;/h22-25H,2-21H2,1H3,(H,27,28);/q;+1/p-1. The minimum absolute atomic E-state index is 0. The fraction of sp³-hybridized carbons (Fsp3) is 0.962. The summed E-state index contributed by atoms with van der Waals surface area (Å²) in [6.07, 6.45) is 25.1. The van der Waals surface area contributed by atoms with Gasteiger partial charge >= 0.3 is 29.6 Å². The number of carbonyl (C=O) groups excluding carboxylic acids is 1. The Morgan fingerprint density at radius 1 is 0.733 bits per heavy atom. The zero-order valence-electron chi connectivity index (χ0n) is 20.2. The van der Waals surface area contributed by atoms with Crippen molar-refractivity contribution in [3.63, 3.8) is 0 Å². The zero-order valence-corrected chi connectivity index (χ0v) is 22.2. The van der Waals surface area contributed by atoms with E-state index in [1.807, 2.05) is 0 Å². The molecule has 0 spiro atoms. The van der Waals surface area contributed by atoms with Gasteiger partial charge in [-0.2, -0.15) is 0 Å². The van der Waals surface area contributed by atoms with Crippen molar-refractivity contribution in [2.24, 2.45) is 17.8 Å². The van der Waals surface area contributed by atoms with E-state index in [1.54, 1.807) is 0 Å². The molecule has 0 saturated heterocycles. The van der Waals surface area contributed by atoms with Crippen molar-refractivity contribution >= 4 is 5.97 Å². The van der Waals surface area contributed by atoms with Gasteiger partial charge in [0.1, 0.15) is 0 Å². The monoisotopic (exact) mass is 430 g/mol. The second-order valence-corrected chi connectivity index (χ2v) is 9.82. The van der Waals surface area contributed by atoms with Crippen LogP contribution in [0.5, 0.6) is 0 Å². The van der Waals surface area contributed by atoms with Crippen LogP contribution in [0.3, 0.4) is 0 Å². The maximum absolute atomic E-state index is 11.4. The molecule has 30 heavy (non-hydrogen) atoms. The van der Waals surface area contributed by atoms with E-state index >= 15 is 0 Å². The summed E-state index contributed by atoms with van der Waals surface area (Å²) in [6.45, 7) is 3.01. The van der Waals surface area contributed by atoms with Gasteiger partial charge in [0, 0.05) is 18.5 Å². The average molecular weight is 431 g/mol. The van der Waals surface area contributed by atoms with Gasteiger partial charge in [0.2, 0.25) is 0 Å². The van der Waals surface area contributed by atoms with Gasteiger partial charge in [0.15, 0.2) is 0 Å². The van der Waals surface area contributed by atoms with Gasteiger partial charge < -0.3 is 14.6 Å². The first-order chi connectivity index (χ1) is 14.2. The molecule has 0 aromatic heterocycles. The summed E-state index contributed by atoms with van der Waals surface area (Å²) in [5.41, 5.74) is 0. The number of carboxylic acids is 1. The predicted octanol–water partition coefficient (Wildman–Crippen LogP) is 3.43. The first-order valence-electron chi connectivity index (χ1n) is 13.1. The minimum atomic E-state index is -0.880. The molecule has 2 bridgehead atoms. The Kier molecular flexibility index (Phi) is 17.0. The Hall–Kier alpha value is 0.430. The van der Waals surface area contributed by atoms with Crippen molar-refractivity contribution in [2.75, 3.05) is 6.61 Å². The number of hydrogen-bond donors (Lipinski definition) is 0. The van der Waals surface area contributed by atoms with Crippen LogP contribution in [0.25, 0.3) is 0 Å². The van der Waals surface area contributed by atoms with Crippen LogP contribution in [0.1, 0.15) is 129 Å². The molecule has 0 amide bonds. The quantitative estimate of drug-likeness (QED) is 0.233. The normalized spacial score (nSPS) is 24.8. The molecule has 170 valence electrons.